The van der Waals surface area contributed by atoms with Crippen LogP contribution in [-0.4, -0.2) is 49.9 Å². The van der Waals surface area contributed by atoms with Gasteiger partial charge >= 0.3 is 0 Å². The molecule has 0 saturated carbocycles. The van der Waals surface area contributed by atoms with E-state index < -0.39 is 0 Å². The maximum absolute atomic E-state index is 12.8. The predicted octanol–water partition coefficient (Wildman–Crippen LogP) is 3.79. The molecule has 0 saturated heterocycles. The number of rotatable bonds is 8. The lowest BCUT2D eigenvalue weighted by Crippen LogP contribution is -2.31. The van der Waals surface area contributed by atoms with Gasteiger partial charge in [0.25, 0.3) is 5.91 Å². The van der Waals surface area contributed by atoms with E-state index in [0.717, 1.165) is 17.0 Å². The summed E-state index contributed by atoms with van der Waals surface area (Å²) in [6.07, 6.45) is 4.02. The van der Waals surface area contributed by atoms with Crippen molar-refractivity contribution in [1.82, 2.24) is 15.3 Å². The third kappa shape index (κ3) is 4.17. The highest BCUT2D eigenvalue weighted by atomic mass is 35.5. The molecule has 162 valence electrons. The number of anilines is 2. The topological polar surface area (TPSA) is 97.5 Å². The number of hydrogen-bond acceptors (Lipinski definition) is 6. The third-order valence-corrected chi connectivity index (χ3v) is 5.29. The maximum Gasteiger partial charge on any atom is 0.255 e. The zero-order chi connectivity index (χ0) is 21.8. The molecular formula is C22H23ClN4O4. The van der Waals surface area contributed by atoms with Crippen molar-refractivity contribution in [2.75, 3.05) is 39.3 Å². The highest BCUT2D eigenvalue weighted by molar-refractivity contribution is 6.32. The van der Waals surface area contributed by atoms with Crippen LogP contribution in [0.2, 0.25) is 5.02 Å². The second-order valence-electron chi connectivity index (χ2n) is 6.89. The molecule has 31 heavy (non-hydrogen) atoms. The predicted molar refractivity (Wildman–Crippen MR) is 119 cm³/mol. The largest absolute Gasteiger partial charge is 0.493 e. The minimum absolute atomic E-state index is 0.150. The van der Waals surface area contributed by atoms with Crippen LogP contribution in [-0.2, 0) is 11.2 Å². The van der Waals surface area contributed by atoms with E-state index in [1.54, 1.807) is 32.7 Å². The monoisotopic (exact) mass is 442 g/mol. The molecule has 8 nitrogen and oxygen atoms in total. The van der Waals surface area contributed by atoms with Gasteiger partial charge in [-0.2, -0.15) is 0 Å². The minimum Gasteiger partial charge on any atom is -0.493 e. The number of carbonyl (C=O) groups excluding carboxylic acids is 1. The summed E-state index contributed by atoms with van der Waals surface area (Å²) >= 11 is 6.30. The highest BCUT2D eigenvalue weighted by Gasteiger charge is 2.28. The fraction of sp³-hybridized carbons (Fsp3) is 0.273. The Morgan fingerprint density at radius 1 is 1.23 bits per heavy atom. The van der Waals surface area contributed by atoms with Crippen LogP contribution < -0.4 is 20.1 Å². The van der Waals surface area contributed by atoms with E-state index in [2.05, 4.69) is 20.6 Å². The van der Waals surface area contributed by atoms with Crippen LogP contribution in [0.4, 0.5) is 11.4 Å². The van der Waals surface area contributed by atoms with Gasteiger partial charge in [0.05, 0.1) is 47.6 Å². The number of hydrogen-bond donors (Lipinski definition) is 3. The number of carbonyl (C=O) groups is 1. The van der Waals surface area contributed by atoms with Crippen LogP contribution >= 0.6 is 11.6 Å². The van der Waals surface area contributed by atoms with Crippen LogP contribution in [0.3, 0.4) is 0 Å². The number of para-hydroxylation sites is 1. The first-order chi connectivity index (χ1) is 15.1. The van der Waals surface area contributed by atoms with E-state index in [1.807, 2.05) is 18.2 Å². The molecule has 2 aromatic heterocycles. The standard InChI is InChI=1S/C22H23ClN4O4/c1-29-10-11-31-17-12-24-8-6-13(17)19-20(18-15(26-19)7-9-25-22(18)28)27-16-5-3-4-14(23)21(16)30-2/h3-6,8,12,26-27H,7,9-11H2,1-2H3,(H,25,28). The van der Waals surface area contributed by atoms with Gasteiger partial charge in [0.1, 0.15) is 12.4 Å². The Kier molecular flexibility index (Phi) is 6.29. The van der Waals surface area contributed by atoms with Crippen LogP contribution in [0.25, 0.3) is 11.3 Å². The van der Waals surface area contributed by atoms with Crippen molar-refractivity contribution >= 4 is 28.9 Å². The molecule has 9 heteroatoms. The molecule has 1 aliphatic heterocycles. The summed E-state index contributed by atoms with van der Waals surface area (Å²) < 4.78 is 16.4. The number of fused-ring (bicyclic) bond motifs is 1. The molecule has 3 aromatic rings. The Hall–Kier alpha value is -3.23. The zero-order valence-corrected chi connectivity index (χ0v) is 18.0. The fourth-order valence-corrected chi connectivity index (χ4v) is 3.84. The van der Waals surface area contributed by atoms with Gasteiger partial charge in [-0.25, -0.2) is 0 Å². The summed E-state index contributed by atoms with van der Waals surface area (Å²) in [7, 11) is 3.17. The first kappa shape index (κ1) is 21.0. The highest BCUT2D eigenvalue weighted by Crippen LogP contribution is 2.42. The van der Waals surface area contributed by atoms with E-state index >= 15 is 0 Å². The SMILES string of the molecule is COCCOc1cnccc1-c1[nH]c2c(c1Nc1cccc(Cl)c1OC)C(=O)NCC2. The Labute approximate surface area is 184 Å². The first-order valence-electron chi connectivity index (χ1n) is 9.82. The number of amides is 1. The molecular weight excluding hydrogens is 420 g/mol. The van der Waals surface area contributed by atoms with Crippen molar-refractivity contribution < 1.29 is 19.0 Å². The average Bonchev–Trinajstić information content (AvgIpc) is 3.14. The lowest BCUT2D eigenvalue weighted by molar-refractivity contribution is 0.0947. The molecule has 0 spiro atoms. The van der Waals surface area contributed by atoms with E-state index in [-0.39, 0.29) is 5.91 Å². The summed E-state index contributed by atoms with van der Waals surface area (Å²) in [5.74, 6) is 0.926. The molecule has 4 rings (SSSR count). The normalized spacial score (nSPS) is 12.8. The molecule has 0 radical (unpaired) electrons. The summed E-state index contributed by atoms with van der Waals surface area (Å²) in [4.78, 5) is 20.4. The second kappa shape index (κ2) is 9.28. The van der Waals surface area contributed by atoms with E-state index in [0.29, 0.717) is 59.6 Å². The Morgan fingerprint density at radius 3 is 2.90 bits per heavy atom. The van der Waals surface area contributed by atoms with Gasteiger partial charge in [0.15, 0.2) is 5.75 Å². The van der Waals surface area contributed by atoms with Crippen molar-refractivity contribution in [1.29, 1.82) is 0 Å². The number of halogens is 1. The minimum atomic E-state index is -0.150. The van der Waals surface area contributed by atoms with Crippen LogP contribution in [0.5, 0.6) is 11.5 Å². The van der Waals surface area contributed by atoms with Crippen molar-refractivity contribution in [3.05, 3.63) is 52.9 Å². The van der Waals surface area contributed by atoms with Crippen molar-refractivity contribution in [2.45, 2.75) is 6.42 Å². The van der Waals surface area contributed by atoms with Crippen LogP contribution in [0, 0.1) is 0 Å². The zero-order valence-electron chi connectivity index (χ0n) is 17.3. The lowest BCUT2D eigenvalue weighted by Gasteiger charge is -2.17. The number of methoxy groups -OCH3 is 2. The smallest absolute Gasteiger partial charge is 0.255 e. The number of H-pyrrole nitrogens is 1. The van der Waals surface area contributed by atoms with Crippen molar-refractivity contribution in [3.63, 3.8) is 0 Å². The molecule has 1 aliphatic rings. The van der Waals surface area contributed by atoms with Gasteiger partial charge in [0, 0.05) is 37.5 Å². The third-order valence-electron chi connectivity index (χ3n) is 4.99. The van der Waals surface area contributed by atoms with Crippen LogP contribution in [0.1, 0.15) is 16.1 Å². The number of nitrogens with one attached hydrogen (secondary N) is 3. The van der Waals surface area contributed by atoms with Crippen molar-refractivity contribution in [3.8, 4) is 22.8 Å². The average molecular weight is 443 g/mol. The van der Waals surface area contributed by atoms with Gasteiger partial charge in [-0.1, -0.05) is 17.7 Å². The van der Waals surface area contributed by atoms with E-state index in [1.165, 1.54) is 0 Å². The molecule has 3 N–H and O–H groups in total. The lowest BCUT2D eigenvalue weighted by atomic mass is 10.0. The quantitative estimate of drug-likeness (QED) is 0.459. The number of benzene rings is 1. The second-order valence-corrected chi connectivity index (χ2v) is 7.30. The number of aromatic nitrogens is 2. The van der Waals surface area contributed by atoms with Gasteiger partial charge in [0.2, 0.25) is 0 Å². The molecule has 3 heterocycles. The molecule has 0 atom stereocenters. The van der Waals surface area contributed by atoms with Gasteiger partial charge in [-0.05, 0) is 18.2 Å². The summed E-state index contributed by atoms with van der Waals surface area (Å²) in [6.45, 7) is 1.39. The fourth-order valence-electron chi connectivity index (χ4n) is 3.59. The number of aromatic amines is 1. The van der Waals surface area contributed by atoms with Crippen molar-refractivity contribution in [2.24, 2.45) is 0 Å². The van der Waals surface area contributed by atoms with Gasteiger partial charge in [-0.3, -0.25) is 9.78 Å². The molecule has 0 unspecified atom stereocenters. The first-order valence-corrected chi connectivity index (χ1v) is 10.2. The molecule has 1 amide bonds. The van der Waals surface area contributed by atoms with Crippen LogP contribution in [0.15, 0.2) is 36.7 Å². The molecule has 0 fully saturated rings. The Morgan fingerprint density at radius 2 is 2.10 bits per heavy atom. The van der Waals surface area contributed by atoms with E-state index in [4.69, 9.17) is 25.8 Å². The molecule has 1 aromatic carbocycles. The van der Waals surface area contributed by atoms with Gasteiger partial charge in [-0.15, -0.1) is 0 Å². The summed E-state index contributed by atoms with van der Waals surface area (Å²) in [5, 5.41) is 6.74. The number of pyridine rings is 1. The number of nitrogens with zero attached hydrogens (tertiary/aromatic N) is 1. The Balaban J connectivity index is 1.84. The summed E-state index contributed by atoms with van der Waals surface area (Å²) in [5.41, 5.74) is 4.17. The number of ether oxygens (including phenoxy) is 3. The van der Waals surface area contributed by atoms with Gasteiger partial charge < -0.3 is 29.8 Å². The molecule has 0 bridgehead atoms. The Bertz CT molecular complexity index is 1100. The summed E-state index contributed by atoms with van der Waals surface area (Å²) in [6, 6.07) is 7.25. The van der Waals surface area contributed by atoms with E-state index in [9.17, 15) is 4.79 Å². The maximum atomic E-state index is 12.8. The molecule has 0 aliphatic carbocycles.